The number of carbonyl (C=O) groups excluding carboxylic acids is 1. The van der Waals surface area contributed by atoms with Crippen LogP contribution >= 0.6 is 0 Å². The number of carbonyl (C=O) groups is 1. The molecule has 0 aromatic carbocycles. The van der Waals surface area contributed by atoms with Crippen molar-refractivity contribution < 1.29 is 13.6 Å². The van der Waals surface area contributed by atoms with Gasteiger partial charge in [-0.25, -0.2) is 8.78 Å². The molecule has 1 amide bonds. The van der Waals surface area contributed by atoms with Gasteiger partial charge in [-0.1, -0.05) is 0 Å². The summed E-state index contributed by atoms with van der Waals surface area (Å²) in [5.41, 5.74) is 12.9. The number of piperidine rings is 1. The smallest absolute Gasteiger partial charge is 0.254 e. The molecule has 9 nitrogen and oxygen atoms in total. The Balaban J connectivity index is 1.59. The Labute approximate surface area is 205 Å². The van der Waals surface area contributed by atoms with Gasteiger partial charge < -0.3 is 21.4 Å². The number of hydrogen-bond acceptors (Lipinski definition) is 7. The van der Waals surface area contributed by atoms with Crippen LogP contribution in [0.3, 0.4) is 0 Å². The van der Waals surface area contributed by atoms with Crippen molar-refractivity contribution in [2.24, 2.45) is 17.4 Å². The molecule has 3 heterocycles. The van der Waals surface area contributed by atoms with E-state index in [1.165, 1.54) is 0 Å². The average Bonchev–Trinajstić information content (AvgIpc) is 2.80. The molecule has 3 aliphatic rings. The standard InChI is InChI=1S/C24H39F2N7O2/c1-14(2)33-13-17(10-18(22(33)35)15-5-7-24(25,26)8-6-15)30-21-19(20(28)34)11-29-23(31-21)32-9-3-4-16(27)12-32/h10,13-16,19,21,23,29-31H,3-9,11-12,27H2,1-2H3,(H2,28,34)/t16-,19?,21?,23?/m0/s1. The number of alkyl halides is 2. The molecule has 1 aromatic heterocycles. The van der Waals surface area contributed by atoms with Gasteiger partial charge in [-0.15, -0.1) is 0 Å². The second-order valence-electron chi connectivity index (χ2n) is 10.6. The van der Waals surface area contributed by atoms with Gasteiger partial charge in [0, 0.05) is 56.3 Å². The van der Waals surface area contributed by atoms with Crippen LogP contribution in [0.4, 0.5) is 14.5 Å². The Morgan fingerprint density at radius 3 is 2.60 bits per heavy atom. The van der Waals surface area contributed by atoms with E-state index in [0.717, 1.165) is 25.9 Å². The molecule has 0 radical (unpaired) electrons. The number of nitrogens with zero attached hydrogens (tertiary/aromatic N) is 2. The summed E-state index contributed by atoms with van der Waals surface area (Å²) in [7, 11) is 0. The van der Waals surface area contributed by atoms with E-state index in [4.69, 9.17) is 11.5 Å². The topological polar surface area (TPSA) is 130 Å². The minimum Gasteiger partial charge on any atom is -0.369 e. The van der Waals surface area contributed by atoms with Crippen molar-refractivity contribution in [3.8, 4) is 0 Å². The van der Waals surface area contributed by atoms with Crippen LogP contribution in [0.5, 0.6) is 0 Å². The van der Waals surface area contributed by atoms with E-state index in [9.17, 15) is 18.4 Å². The molecular weight excluding hydrogens is 456 g/mol. The predicted octanol–water partition coefficient (Wildman–Crippen LogP) is 1.46. The Morgan fingerprint density at radius 1 is 1.26 bits per heavy atom. The molecule has 0 bridgehead atoms. The number of pyridine rings is 1. The lowest BCUT2D eigenvalue weighted by atomic mass is 9.82. The fourth-order valence-electron chi connectivity index (χ4n) is 5.53. The molecule has 1 aromatic rings. The largest absolute Gasteiger partial charge is 0.369 e. The SMILES string of the molecule is CC(C)n1cc(NC2NC(N3CCC[C@H](N)C3)NCC2C(N)=O)cc(C2CCC(F)(F)CC2)c1=O. The first kappa shape index (κ1) is 26.0. The molecule has 11 heteroatoms. The predicted molar refractivity (Wildman–Crippen MR) is 131 cm³/mol. The van der Waals surface area contributed by atoms with Gasteiger partial charge in [0.15, 0.2) is 0 Å². The fourth-order valence-corrected chi connectivity index (χ4v) is 5.53. The molecule has 35 heavy (non-hydrogen) atoms. The first-order valence-corrected chi connectivity index (χ1v) is 12.7. The molecule has 3 unspecified atom stereocenters. The zero-order chi connectivity index (χ0) is 25.3. The molecule has 4 atom stereocenters. The van der Waals surface area contributed by atoms with E-state index in [2.05, 4.69) is 20.9 Å². The molecule has 2 saturated heterocycles. The second-order valence-corrected chi connectivity index (χ2v) is 10.6. The van der Waals surface area contributed by atoms with Gasteiger partial charge in [0.25, 0.3) is 5.56 Å². The number of amides is 1. The van der Waals surface area contributed by atoms with Gasteiger partial charge in [-0.2, -0.15) is 0 Å². The molecular formula is C24H39F2N7O2. The summed E-state index contributed by atoms with van der Waals surface area (Å²) in [6.45, 7) is 5.85. The molecule has 0 spiro atoms. The number of anilines is 1. The summed E-state index contributed by atoms with van der Waals surface area (Å²) in [6.07, 6.45) is 3.20. The van der Waals surface area contributed by atoms with Gasteiger partial charge in [-0.05, 0) is 51.5 Å². The number of aromatic nitrogens is 1. The molecule has 1 aliphatic carbocycles. The fraction of sp³-hybridized carbons (Fsp3) is 0.750. The summed E-state index contributed by atoms with van der Waals surface area (Å²) in [6, 6.07) is 1.76. The second kappa shape index (κ2) is 10.5. The summed E-state index contributed by atoms with van der Waals surface area (Å²) >= 11 is 0. The van der Waals surface area contributed by atoms with Crippen molar-refractivity contribution in [2.75, 3.05) is 25.0 Å². The van der Waals surface area contributed by atoms with Crippen molar-refractivity contribution in [3.63, 3.8) is 0 Å². The Morgan fingerprint density at radius 2 is 1.97 bits per heavy atom. The van der Waals surface area contributed by atoms with Gasteiger partial charge in [-0.3, -0.25) is 25.1 Å². The average molecular weight is 496 g/mol. The van der Waals surface area contributed by atoms with Crippen LogP contribution in [0.25, 0.3) is 0 Å². The van der Waals surface area contributed by atoms with Gasteiger partial charge >= 0.3 is 0 Å². The number of nitrogens with two attached hydrogens (primary N) is 2. The number of hydrogen-bond donors (Lipinski definition) is 5. The van der Waals surface area contributed by atoms with Gasteiger partial charge in [0.2, 0.25) is 11.8 Å². The lowest BCUT2D eigenvalue weighted by molar-refractivity contribution is -0.123. The van der Waals surface area contributed by atoms with E-state index in [-0.39, 0.29) is 55.5 Å². The maximum atomic E-state index is 13.8. The Kier molecular flexibility index (Phi) is 7.80. The highest BCUT2D eigenvalue weighted by Gasteiger charge is 2.38. The van der Waals surface area contributed by atoms with Crippen LogP contribution in [0, 0.1) is 5.92 Å². The maximum Gasteiger partial charge on any atom is 0.254 e. The lowest BCUT2D eigenvalue weighted by Gasteiger charge is -2.44. The molecule has 1 saturated carbocycles. The summed E-state index contributed by atoms with van der Waals surface area (Å²) in [5, 5.41) is 10.2. The van der Waals surface area contributed by atoms with Crippen LogP contribution in [0.1, 0.15) is 69.9 Å². The summed E-state index contributed by atoms with van der Waals surface area (Å²) in [5.74, 6) is -3.85. The number of primary amides is 1. The van der Waals surface area contributed by atoms with Crippen molar-refractivity contribution >= 4 is 11.6 Å². The third kappa shape index (κ3) is 6.02. The third-order valence-electron chi connectivity index (χ3n) is 7.60. The normalized spacial score (nSPS) is 30.3. The van der Waals surface area contributed by atoms with Crippen LogP contribution in [-0.4, -0.2) is 59.4 Å². The Bertz CT molecular complexity index is 960. The first-order chi connectivity index (χ1) is 16.5. The number of nitrogens with one attached hydrogen (secondary N) is 3. The first-order valence-electron chi connectivity index (χ1n) is 12.7. The molecule has 3 fully saturated rings. The van der Waals surface area contributed by atoms with Crippen molar-refractivity contribution in [2.45, 2.75) is 88.8 Å². The molecule has 7 N–H and O–H groups in total. The minimum atomic E-state index is -2.66. The zero-order valence-electron chi connectivity index (χ0n) is 20.6. The molecule has 4 rings (SSSR count). The molecule has 196 valence electrons. The zero-order valence-corrected chi connectivity index (χ0v) is 20.6. The summed E-state index contributed by atoms with van der Waals surface area (Å²) in [4.78, 5) is 27.7. The van der Waals surface area contributed by atoms with Crippen molar-refractivity contribution in [3.05, 3.63) is 28.2 Å². The highest BCUT2D eigenvalue weighted by Crippen LogP contribution is 2.40. The van der Waals surface area contributed by atoms with Crippen molar-refractivity contribution in [1.82, 2.24) is 20.1 Å². The summed E-state index contributed by atoms with van der Waals surface area (Å²) < 4.78 is 29.1. The van der Waals surface area contributed by atoms with E-state index in [1.54, 1.807) is 16.8 Å². The number of likely N-dealkylation sites (tertiary alicyclic amines) is 1. The van der Waals surface area contributed by atoms with E-state index >= 15 is 0 Å². The van der Waals surface area contributed by atoms with E-state index < -0.39 is 23.9 Å². The quantitative estimate of drug-likeness (QED) is 0.404. The van der Waals surface area contributed by atoms with Gasteiger partial charge in [0.1, 0.15) is 6.29 Å². The van der Waals surface area contributed by atoms with Crippen LogP contribution in [0.15, 0.2) is 17.1 Å². The van der Waals surface area contributed by atoms with Crippen LogP contribution in [0.2, 0.25) is 0 Å². The van der Waals surface area contributed by atoms with Crippen LogP contribution in [-0.2, 0) is 4.79 Å². The van der Waals surface area contributed by atoms with Crippen LogP contribution < -0.4 is 33.0 Å². The number of rotatable bonds is 6. The highest BCUT2D eigenvalue weighted by atomic mass is 19.3. The van der Waals surface area contributed by atoms with E-state index in [1.807, 2.05) is 13.8 Å². The molecule has 2 aliphatic heterocycles. The minimum absolute atomic E-state index is 0.104. The monoisotopic (exact) mass is 495 g/mol. The van der Waals surface area contributed by atoms with Crippen molar-refractivity contribution in [1.29, 1.82) is 0 Å². The Hall–Kier alpha value is -2.08. The lowest BCUT2D eigenvalue weighted by Crippen LogP contribution is -2.70. The number of halogens is 2. The highest BCUT2D eigenvalue weighted by molar-refractivity contribution is 5.78. The van der Waals surface area contributed by atoms with E-state index in [0.29, 0.717) is 17.8 Å². The third-order valence-corrected chi connectivity index (χ3v) is 7.60. The van der Waals surface area contributed by atoms with Gasteiger partial charge in [0.05, 0.1) is 17.8 Å². The maximum absolute atomic E-state index is 13.8.